The molecule has 0 saturated heterocycles. The van der Waals surface area contributed by atoms with E-state index in [4.69, 9.17) is 9.47 Å². The molecule has 2 rings (SSSR count). The van der Waals surface area contributed by atoms with E-state index in [0.29, 0.717) is 11.3 Å². The minimum absolute atomic E-state index is 0.122. The zero-order valence-electron chi connectivity index (χ0n) is 15.0. The van der Waals surface area contributed by atoms with Gasteiger partial charge in [0.25, 0.3) is 5.69 Å². The van der Waals surface area contributed by atoms with E-state index in [1.165, 1.54) is 18.2 Å². The number of aromatic nitrogens is 1. The Morgan fingerprint density at radius 2 is 1.85 bits per heavy atom. The molecule has 2 aromatic rings. The number of carbonyl (C=O) groups is 2. The van der Waals surface area contributed by atoms with Crippen molar-refractivity contribution < 1.29 is 24.0 Å². The molecule has 0 bridgehead atoms. The number of hydrogen-bond donors (Lipinski definition) is 1. The fourth-order valence-electron chi connectivity index (χ4n) is 2.56. The van der Waals surface area contributed by atoms with E-state index in [2.05, 4.69) is 4.98 Å². The molecule has 26 heavy (non-hydrogen) atoms. The number of nitrogens with zero attached hydrogens (tertiary/aromatic N) is 1. The van der Waals surface area contributed by atoms with Crippen LogP contribution in [0.1, 0.15) is 51.5 Å². The molecule has 0 fully saturated rings. The fourth-order valence-corrected chi connectivity index (χ4v) is 2.56. The van der Waals surface area contributed by atoms with Crippen LogP contribution in [0.25, 0.3) is 0 Å². The van der Waals surface area contributed by atoms with Crippen LogP contribution in [0, 0.1) is 24.0 Å². The van der Waals surface area contributed by atoms with Gasteiger partial charge in [-0.25, -0.2) is 9.59 Å². The number of nitrogens with one attached hydrogen (secondary N) is 1. The fraction of sp³-hybridized carbons (Fsp3) is 0.333. The van der Waals surface area contributed by atoms with Gasteiger partial charge in [-0.05, 0) is 39.3 Å². The SMILES string of the molecule is Cc1[nH]c(C(=O)OCc2ccccc2[N+](=O)[O-])c(C)c1C(=O)OC(C)C. The standard InChI is InChI=1S/C18H20N2O6/c1-10(2)26-17(21)15-11(3)16(19-12(15)4)18(22)25-9-13-7-5-6-8-14(13)20(23)24/h5-8,10,19H,9H2,1-4H3. The summed E-state index contributed by atoms with van der Waals surface area (Å²) < 4.78 is 10.4. The summed E-state index contributed by atoms with van der Waals surface area (Å²) in [5.74, 6) is -1.23. The molecule has 0 aliphatic heterocycles. The molecule has 8 heteroatoms. The minimum Gasteiger partial charge on any atom is -0.459 e. The summed E-state index contributed by atoms with van der Waals surface area (Å²) in [6, 6.07) is 6.02. The van der Waals surface area contributed by atoms with Crippen LogP contribution < -0.4 is 0 Å². The number of aryl methyl sites for hydroxylation is 1. The first kappa shape index (κ1) is 19.2. The molecule has 1 N–H and O–H groups in total. The summed E-state index contributed by atoms with van der Waals surface area (Å²) in [5, 5.41) is 11.0. The molecule has 1 aromatic heterocycles. The van der Waals surface area contributed by atoms with Crippen molar-refractivity contribution in [2.24, 2.45) is 0 Å². The average molecular weight is 360 g/mol. The van der Waals surface area contributed by atoms with Gasteiger partial charge in [-0.2, -0.15) is 0 Å². The first-order chi connectivity index (χ1) is 12.2. The zero-order valence-corrected chi connectivity index (χ0v) is 15.0. The lowest BCUT2D eigenvalue weighted by atomic mass is 10.1. The monoisotopic (exact) mass is 360 g/mol. The highest BCUT2D eigenvalue weighted by molar-refractivity contribution is 5.98. The molecular formula is C18H20N2O6. The molecule has 8 nitrogen and oxygen atoms in total. The molecule has 0 aliphatic carbocycles. The van der Waals surface area contributed by atoms with Gasteiger partial charge < -0.3 is 14.5 Å². The number of esters is 2. The topological polar surface area (TPSA) is 112 Å². The van der Waals surface area contributed by atoms with E-state index in [0.717, 1.165) is 0 Å². The van der Waals surface area contributed by atoms with Crippen molar-refractivity contribution in [3.05, 3.63) is 62.5 Å². The second kappa shape index (κ2) is 7.81. The first-order valence-corrected chi connectivity index (χ1v) is 8.02. The highest BCUT2D eigenvalue weighted by Gasteiger charge is 2.25. The van der Waals surface area contributed by atoms with Crippen LogP contribution in [0.5, 0.6) is 0 Å². The van der Waals surface area contributed by atoms with Crippen molar-refractivity contribution in [2.75, 3.05) is 0 Å². The van der Waals surface area contributed by atoms with Crippen LogP contribution in [0.4, 0.5) is 5.69 Å². The lowest BCUT2D eigenvalue weighted by Crippen LogP contribution is -2.13. The number of benzene rings is 1. The number of aromatic amines is 1. The summed E-state index contributed by atoms with van der Waals surface area (Å²) in [5.41, 5.74) is 1.48. The molecule has 0 unspecified atom stereocenters. The van der Waals surface area contributed by atoms with Gasteiger partial charge in [-0.1, -0.05) is 12.1 Å². The van der Waals surface area contributed by atoms with Crippen LogP contribution in [0.15, 0.2) is 24.3 Å². The van der Waals surface area contributed by atoms with Gasteiger partial charge in [0.2, 0.25) is 0 Å². The zero-order chi connectivity index (χ0) is 19.4. The maximum absolute atomic E-state index is 12.4. The molecule has 0 radical (unpaired) electrons. The number of carbonyl (C=O) groups excluding carboxylic acids is 2. The van der Waals surface area contributed by atoms with E-state index in [1.807, 2.05) is 0 Å². The number of nitro benzene ring substituents is 1. The van der Waals surface area contributed by atoms with Crippen LogP contribution in [-0.4, -0.2) is 27.9 Å². The molecule has 0 saturated carbocycles. The smallest absolute Gasteiger partial charge is 0.355 e. The number of ether oxygens (including phenoxy) is 2. The Bertz CT molecular complexity index is 853. The summed E-state index contributed by atoms with van der Waals surface area (Å²) >= 11 is 0. The van der Waals surface area contributed by atoms with Crippen molar-refractivity contribution in [3.63, 3.8) is 0 Å². The quantitative estimate of drug-likeness (QED) is 0.480. The number of para-hydroxylation sites is 1. The molecule has 0 spiro atoms. The maximum atomic E-state index is 12.4. The third-order valence-electron chi connectivity index (χ3n) is 3.74. The molecule has 138 valence electrons. The summed E-state index contributed by atoms with van der Waals surface area (Å²) in [7, 11) is 0. The van der Waals surface area contributed by atoms with Crippen molar-refractivity contribution >= 4 is 17.6 Å². The van der Waals surface area contributed by atoms with Crippen molar-refractivity contribution in [2.45, 2.75) is 40.4 Å². The van der Waals surface area contributed by atoms with Crippen LogP contribution in [-0.2, 0) is 16.1 Å². The van der Waals surface area contributed by atoms with Gasteiger partial charge in [0.05, 0.1) is 22.2 Å². The molecule has 1 aromatic carbocycles. The molecular weight excluding hydrogens is 340 g/mol. The van der Waals surface area contributed by atoms with Gasteiger partial charge in [0.15, 0.2) is 0 Å². The Morgan fingerprint density at radius 1 is 1.19 bits per heavy atom. The van der Waals surface area contributed by atoms with E-state index < -0.39 is 16.9 Å². The minimum atomic E-state index is -0.702. The highest BCUT2D eigenvalue weighted by Crippen LogP contribution is 2.22. The Balaban J connectivity index is 2.19. The van der Waals surface area contributed by atoms with Crippen LogP contribution in [0.3, 0.4) is 0 Å². The van der Waals surface area contributed by atoms with Crippen LogP contribution >= 0.6 is 0 Å². The predicted octanol–water partition coefficient (Wildman–Crippen LogP) is 3.46. The van der Waals surface area contributed by atoms with Gasteiger partial charge in [0.1, 0.15) is 12.3 Å². The van der Waals surface area contributed by atoms with Crippen molar-refractivity contribution in [1.29, 1.82) is 0 Å². The second-order valence-electron chi connectivity index (χ2n) is 6.04. The van der Waals surface area contributed by atoms with E-state index in [-0.39, 0.29) is 35.2 Å². The Morgan fingerprint density at radius 3 is 2.46 bits per heavy atom. The van der Waals surface area contributed by atoms with Gasteiger partial charge >= 0.3 is 11.9 Å². The molecule has 0 aliphatic rings. The average Bonchev–Trinajstić information content (AvgIpc) is 2.86. The van der Waals surface area contributed by atoms with Crippen molar-refractivity contribution in [1.82, 2.24) is 4.98 Å². The highest BCUT2D eigenvalue weighted by atomic mass is 16.6. The van der Waals surface area contributed by atoms with Crippen molar-refractivity contribution in [3.8, 4) is 0 Å². The third kappa shape index (κ3) is 4.08. The predicted molar refractivity (Wildman–Crippen MR) is 93.0 cm³/mol. The molecule has 0 amide bonds. The number of hydrogen-bond acceptors (Lipinski definition) is 6. The van der Waals surface area contributed by atoms with Crippen LogP contribution in [0.2, 0.25) is 0 Å². The first-order valence-electron chi connectivity index (χ1n) is 8.02. The number of H-pyrrole nitrogens is 1. The summed E-state index contributed by atoms with van der Waals surface area (Å²) in [6.07, 6.45) is -0.287. The largest absolute Gasteiger partial charge is 0.459 e. The second-order valence-corrected chi connectivity index (χ2v) is 6.04. The Kier molecular flexibility index (Phi) is 5.76. The Hall–Kier alpha value is -3.16. The lowest BCUT2D eigenvalue weighted by molar-refractivity contribution is -0.385. The lowest BCUT2D eigenvalue weighted by Gasteiger charge is -2.08. The molecule has 0 atom stereocenters. The van der Waals surface area contributed by atoms with Gasteiger partial charge in [-0.15, -0.1) is 0 Å². The molecule has 1 heterocycles. The van der Waals surface area contributed by atoms with E-state index in [9.17, 15) is 19.7 Å². The van der Waals surface area contributed by atoms with Gasteiger partial charge in [-0.3, -0.25) is 10.1 Å². The maximum Gasteiger partial charge on any atom is 0.355 e. The Labute approximate surface area is 150 Å². The summed E-state index contributed by atoms with van der Waals surface area (Å²) in [4.78, 5) is 37.8. The normalized spacial score (nSPS) is 10.7. The van der Waals surface area contributed by atoms with E-state index >= 15 is 0 Å². The third-order valence-corrected chi connectivity index (χ3v) is 3.74. The van der Waals surface area contributed by atoms with Gasteiger partial charge in [0, 0.05) is 11.8 Å². The number of nitro groups is 1. The summed E-state index contributed by atoms with van der Waals surface area (Å²) in [6.45, 7) is 6.48. The number of rotatable bonds is 6. The van der Waals surface area contributed by atoms with E-state index in [1.54, 1.807) is 33.8 Å².